The van der Waals surface area contributed by atoms with Gasteiger partial charge in [-0.2, -0.15) is 0 Å². The van der Waals surface area contributed by atoms with Crippen LogP contribution in [-0.2, 0) is 6.42 Å². The summed E-state index contributed by atoms with van der Waals surface area (Å²) in [6.45, 7) is 4.52. The van der Waals surface area contributed by atoms with Gasteiger partial charge in [0.25, 0.3) is 5.91 Å². The number of hydrogen-bond acceptors (Lipinski definition) is 6. The average Bonchev–Trinajstić information content (AvgIpc) is 3.27. The molecule has 3 aromatic rings. The highest BCUT2D eigenvalue weighted by Gasteiger charge is 2.26. The van der Waals surface area contributed by atoms with E-state index in [1.54, 1.807) is 12.4 Å². The van der Waals surface area contributed by atoms with Crippen LogP contribution in [0.25, 0.3) is 11.1 Å². The molecule has 0 spiro atoms. The summed E-state index contributed by atoms with van der Waals surface area (Å²) in [6, 6.07) is 11.7. The number of carbonyl (C=O) groups is 1. The Labute approximate surface area is 198 Å². The Morgan fingerprint density at radius 2 is 1.82 bits per heavy atom. The fourth-order valence-electron chi connectivity index (χ4n) is 4.31. The second kappa shape index (κ2) is 9.37. The largest absolute Gasteiger partial charge is 0.486 e. The van der Waals surface area contributed by atoms with E-state index >= 15 is 0 Å². The fourth-order valence-corrected chi connectivity index (χ4v) is 4.60. The number of aromatic nitrogens is 2. The van der Waals surface area contributed by atoms with Crippen molar-refractivity contribution in [3.05, 3.63) is 71.3 Å². The topological polar surface area (TPSA) is 70.6 Å². The molecule has 2 aromatic carbocycles. The second-order valence-electron chi connectivity index (χ2n) is 8.56. The molecular formula is C25H26ClN5O2. The first-order valence-corrected chi connectivity index (χ1v) is 11.5. The molecular weight excluding hydrogens is 438 g/mol. The summed E-state index contributed by atoms with van der Waals surface area (Å²) in [5, 5.41) is 3.55. The molecule has 33 heavy (non-hydrogen) atoms. The predicted octanol–water partition coefficient (Wildman–Crippen LogP) is 3.28. The summed E-state index contributed by atoms with van der Waals surface area (Å²) in [5.41, 5.74) is 4.68. The number of ether oxygens (including phenoxy) is 1. The molecule has 7 nitrogen and oxygen atoms in total. The standard InChI is InChI=1S/C25H26ClN5O2/c1-30-6-8-31(9-7-30)21-4-2-17(3-5-21)25(32)29-15-22-11-19-10-18(12-23(26)24(19)33-22)20-13-27-16-28-14-20/h2-5,10,12-14,16,22H,6-9,11,15H2,1H3,(H,29,32). The molecule has 1 saturated heterocycles. The average molecular weight is 464 g/mol. The molecule has 0 radical (unpaired) electrons. The summed E-state index contributed by atoms with van der Waals surface area (Å²) in [6.07, 6.45) is 5.54. The summed E-state index contributed by atoms with van der Waals surface area (Å²) in [5.74, 6) is 0.584. The molecule has 1 N–H and O–H groups in total. The van der Waals surface area contributed by atoms with Crippen molar-refractivity contribution in [1.29, 1.82) is 0 Å². The van der Waals surface area contributed by atoms with Crippen molar-refractivity contribution in [1.82, 2.24) is 20.2 Å². The molecule has 3 heterocycles. The van der Waals surface area contributed by atoms with Gasteiger partial charge in [-0.25, -0.2) is 9.97 Å². The van der Waals surface area contributed by atoms with Crippen molar-refractivity contribution in [2.75, 3.05) is 44.7 Å². The summed E-state index contributed by atoms with van der Waals surface area (Å²) in [4.78, 5) is 25.5. The Balaban J connectivity index is 1.18. The van der Waals surface area contributed by atoms with Crippen molar-refractivity contribution >= 4 is 23.2 Å². The van der Waals surface area contributed by atoms with Crippen molar-refractivity contribution in [3.63, 3.8) is 0 Å². The highest BCUT2D eigenvalue weighted by atomic mass is 35.5. The lowest BCUT2D eigenvalue weighted by Gasteiger charge is -2.34. The van der Waals surface area contributed by atoms with Gasteiger partial charge < -0.3 is 19.9 Å². The molecule has 0 aliphatic carbocycles. The third-order valence-electron chi connectivity index (χ3n) is 6.23. The first-order valence-electron chi connectivity index (χ1n) is 11.1. The minimum absolute atomic E-state index is 0.104. The highest BCUT2D eigenvalue weighted by Crippen LogP contribution is 2.39. The van der Waals surface area contributed by atoms with E-state index in [-0.39, 0.29) is 12.0 Å². The Hall–Kier alpha value is -3.16. The number of fused-ring (bicyclic) bond motifs is 1. The van der Waals surface area contributed by atoms with E-state index in [9.17, 15) is 4.79 Å². The number of hydrogen-bond donors (Lipinski definition) is 1. The molecule has 2 aliphatic heterocycles. The van der Waals surface area contributed by atoms with Gasteiger partial charge in [-0.05, 0) is 49.0 Å². The zero-order valence-electron chi connectivity index (χ0n) is 18.5. The molecule has 2 aliphatic rings. The number of rotatable bonds is 5. The number of carbonyl (C=O) groups excluding carboxylic acids is 1. The highest BCUT2D eigenvalue weighted by molar-refractivity contribution is 6.32. The van der Waals surface area contributed by atoms with Gasteiger partial charge in [0.1, 0.15) is 18.2 Å². The van der Waals surface area contributed by atoms with E-state index in [0.29, 0.717) is 29.3 Å². The fraction of sp³-hybridized carbons (Fsp3) is 0.320. The molecule has 0 saturated carbocycles. The molecule has 1 fully saturated rings. The molecule has 0 bridgehead atoms. The number of halogens is 1. The summed E-state index contributed by atoms with van der Waals surface area (Å²) in [7, 11) is 2.14. The van der Waals surface area contributed by atoms with E-state index < -0.39 is 0 Å². The van der Waals surface area contributed by atoms with Crippen LogP contribution in [0.1, 0.15) is 15.9 Å². The Bertz CT molecular complexity index is 1130. The molecule has 8 heteroatoms. The van der Waals surface area contributed by atoms with Gasteiger partial charge in [0.2, 0.25) is 0 Å². The van der Waals surface area contributed by atoms with Crippen molar-refractivity contribution in [2.24, 2.45) is 0 Å². The first-order chi connectivity index (χ1) is 16.1. The quantitative estimate of drug-likeness (QED) is 0.626. The Kier molecular flexibility index (Phi) is 6.15. The maximum Gasteiger partial charge on any atom is 0.251 e. The van der Waals surface area contributed by atoms with Gasteiger partial charge in [-0.1, -0.05) is 11.6 Å². The van der Waals surface area contributed by atoms with Crippen LogP contribution in [0.3, 0.4) is 0 Å². The van der Waals surface area contributed by atoms with Crippen molar-refractivity contribution in [2.45, 2.75) is 12.5 Å². The number of likely N-dealkylation sites (N-methyl/N-ethyl adjacent to an activating group) is 1. The maximum absolute atomic E-state index is 12.7. The van der Waals surface area contributed by atoms with Gasteiger partial charge in [-0.15, -0.1) is 0 Å². The van der Waals surface area contributed by atoms with Crippen LogP contribution >= 0.6 is 11.6 Å². The molecule has 1 atom stereocenters. The second-order valence-corrected chi connectivity index (χ2v) is 8.97. The normalized spacial score (nSPS) is 18.0. The van der Waals surface area contributed by atoms with Crippen LogP contribution in [0.15, 0.2) is 55.1 Å². The number of nitrogens with one attached hydrogen (secondary N) is 1. The van der Waals surface area contributed by atoms with E-state index in [2.05, 4.69) is 38.2 Å². The van der Waals surface area contributed by atoms with E-state index in [0.717, 1.165) is 48.6 Å². The zero-order chi connectivity index (χ0) is 22.8. The van der Waals surface area contributed by atoms with Gasteiger partial charge >= 0.3 is 0 Å². The number of benzene rings is 2. The smallest absolute Gasteiger partial charge is 0.251 e. The molecule has 5 rings (SSSR count). The monoisotopic (exact) mass is 463 g/mol. The van der Waals surface area contributed by atoms with Crippen LogP contribution in [0.5, 0.6) is 5.75 Å². The van der Waals surface area contributed by atoms with Gasteiger partial charge in [0.15, 0.2) is 0 Å². The SMILES string of the molecule is CN1CCN(c2ccc(C(=O)NCC3Cc4cc(-c5cncnc5)cc(Cl)c4O3)cc2)CC1. The van der Waals surface area contributed by atoms with Gasteiger partial charge in [0.05, 0.1) is 11.6 Å². The van der Waals surface area contributed by atoms with Crippen LogP contribution < -0.4 is 15.0 Å². The molecule has 1 aromatic heterocycles. The van der Waals surface area contributed by atoms with Crippen molar-refractivity contribution < 1.29 is 9.53 Å². The van der Waals surface area contributed by atoms with E-state index in [4.69, 9.17) is 16.3 Å². The van der Waals surface area contributed by atoms with Crippen LogP contribution in [0.2, 0.25) is 5.02 Å². The number of piperazine rings is 1. The molecule has 1 unspecified atom stereocenters. The lowest BCUT2D eigenvalue weighted by molar-refractivity contribution is 0.0933. The first kappa shape index (κ1) is 21.7. The predicted molar refractivity (Wildman–Crippen MR) is 129 cm³/mol. The summed E-state index contributed by atoms with van der Waals surface area (Å²) >= 11 is 6.48. The van der Waals surface area contributed by atoms with Crippen molar-refractivity contribution in [3.8, 4) is 16.9 Å². The minimum Gasteiger partial charge on any atom is -0.486 e. The van der Waals surface area contributed by atoms with Gasteiger partial charge in [0, 0.05) is 67.4 Å². The third-order valence-corrected chi connectivity index (χ3v) is 6.52. The minimum atomic E-state index is -0.159. The number of amides is 1. The number of anilines is 1. The molecule has 1 amide bonds. The third kappa shape index (κ3) is 4.79. The van der Waals surface area contributed by atoms with Crippen LogP contribution in [-0.4, -0.2) is 66.7 Å². The van der Waals surface area contributed by atoms with E-state index in [1.807, 2.05) is 30.3 Å². The maximum atomic E-state index is 12.7. The Morgan fingerprint density at radius 3 is 2.55 bits per heavy atom. The Morgan fingerprint density at radius 1 is 1.09 bits per heavy atom. The van der Waals surface area contributed by atoms with Gasteiger partial charge in [-0.3, -0.25) is 4.79 Å². The summed E-state index contributed by atoms with van der Waals surface area (Å²) < 4.78 is 6.03. The lowest BCUT2D eigenvalue weighted by Crippen LogP contribution is -2.44. The molecule has 170 valence electrons. The number of nitrogens with zero attached hydrogens (tertiary/aromatic N) is 4. The zero-order valence-corrected chi connectivity index (χ0v) is 19.3. The van der Waals surface area contributed by atoms with E-state index in [1.165, 1.54) is 6.33 Å². The van der Waals surface area contributed by atoms with Crippen LogP contribution in [0, 0.1) is 0 Å². The van der Waals surface area contributed by atoms with Crippen LogP contribution in [0.4, 0.5) is 5.69 Å². The lowest BCUT2D eigenvalue weighted by atomic mass is 10.0.